The third-order valence-corrected chi connectivity index (χ3v) is 1.61. The summed E-state index contributed by atoms with van der Waals surface area (Å²) < 4.78 is 5.14. The number of methoxy groups -OCH3 is 1. The van der Waals surface area contributed by atoms with Gasteiger partial charge in [-0.1, -0.05) is 25.1 Å². The molecule has 0 bridgehead atoms. The molecule has 0 spiro atoms. The lowest BCUT2D eigenvalue weighted by Gasteiger charge is -2.05. The number of rotatable bonds is 3. The van der Waals surface area contributed by atoms with Gasteiger partial charge in [0.15, 0.2) is 0 Å². The maximum Gasteiger partial charge on any atom is 0.122 e. The lowest BCUT2D eigenvalue weighted by atomic mass is 10.1. The van der Waals surface area contributed by atoms with Crippen LogP contribution in [0.4, 0.5) is 0 Å². The Morgan fingerprint density at radius 3 is 2.20 bits per heavy atom. The molecule has 88 valence electrons. The molecule has 0 radical (unpaired) electrons. The lowest BCUT2D eigenvalue weighted by molar-refractivity contribution is 0.410. The van der Waals surface area contributed by atoms with E-state index in [-0.39, 0.29) is 12.4 Å². The molecule has 0 saturated heterocycles. The summed E-state index contributed by atoms with van der Waals surface area (Å²) in [6.07, 6.45) is 0.879. The molecular weight excluding hydrogens is 212 g/mol. The highest BCUT2D eigenvalue weighted by atomic mass is 35.5. The van der Waals surface area contributed by atoms with Crippen molar-refractivity contribution in [2.24, 2.45) is 11.5 Å². The second-order valence-corrected chi connectivity index (χ2v) is 2.76. The molecule has 0 atom stereocenters. The van der Waals surface area contributed by atoms with Crippen LogP contribution in [0.1, 0.15) is 12.5 Å². The standard InChI is InChI=1S/C9H13NO.C2H7N.ClH/c1-11-9-5-3-2-4-8(9)6-7-10;1-2-3;/h2-5H,6-7,10H2,1H3;2-3H2,1H3;1H. The fraction of sp³-hybridized carbons (Fsp3) is 0.455. The van der Waals surface area contributed by atoms with Gasteiger partial charge in [-0.2, -0.15) is 0 Å². The van der Waals surface area contributed by atoms with Crippen LogP contribution in [0.3, 0.4) is 0 Å². The SMILES string of the molecule is CCN.COc1ccccc1CCN.Cl. The van der Waals surface area contributed by atoms with Gasteiger partial charge in [-0.15, -0.1) is 12.4 Å². The summed E-state index contributed by atoms with van der Waals surface area (Å²) in [6.45, 7) is 3.32. The molecule has 0 aliphatic heterocycles. The third-order valence-electron chi connectivity index (χ3n) is 1.61. The van der Waals surface area contributed by atoms with Gasteiger partial charge < -0.3 is 16.2 Å². The van der Waals surface area contributed by atoms with E-state index in [0.29, 0.717) is 6.54 Å². The van der Waals surface area contributed by atoms with Crippen molar-refractivity contribution < 1.29 is 4.74 Å². The number of nitrogens with two attached hydrogens (primary N) is 2. The molecule has 1 aromatic rings. The van der Waals surface area contributed by atoms with E-state index in [1.54, 1.807) is 7.11 Å². The van der Waals surface area contributed by atoms with Crippen LogP contribution in [-0.4, -0.2) is 20.2 Å². The van der Waals surface area contributed by atoms with Gasteiger partial charge in [0, 0.05) is 0 Å². The summed E-state index contributed by atoms with van der Waals surface area (Å²) in [5, 5.41) is 0. The number of halogens is 1. The summed E-state index contributed by atoms with van der Waals surface area (Å²) in [5.74, 6) is 0.929. The first-order chi connectivity index (χ1) is 6.79. The van der Waals surface area contributed by atoms with E-state index in [2.05, 4.69) is 0 Å². The van der Waals surface area contributed by atoms with Crippen LogP contribution in [0, 0.1) is 0 Å². The van der Waals surface area contributed by atoms with Crippen LogP contribution < -0.4 is 16.2 Å². The zero-order valence-corrected chi connectivity index (χ0v) is 10.2. The predicted octanol–water partition coefficient (Wildman–Crippen LogP) is 1.58. The molecular formula is C11H21ClN2O. The summed E-state index contributed by atoms with van der Waals surface area (Å²) in [6, 6.07) is 7.93. The van der Waals surface area contributed by atoms with Crippen LogP contribution in [0.15, 0.2) is 24.3 Å². The topological polar surface area (TPSA) is 61.3 Å². The molecule has 4 N–H and O–H groups in total. The van der Waals surface area contributed by atoms with E-state index in [4.69, 9.17) is 16.2 Å². The highest BCUT2D eigenvalue weighted by molar-refractivity contribution is 5.85. The summed E-state index contributed by atoms with van der Waals surface area (Å²) >= 11 is 0. The van der Waals surface area contributed by atoms with Gasteiger partial charge in [0.1, 0.15) is 5.75 Å². The van der Waals surface area contributed by atoms with Crippen molar-refractivity contribution in [3.05, 3.63) is 29.8 Å². The molecule has 4 heteroatoms. The second kappa shape index (κ2) is 11.3. The quantitative estimate of drug-likeness (QED) is 0.832. The van der Waals surface area contributed by atoms with Crippen LogP contribution >= 0.6 is 12.4 Å². The van der Waals surface area contributed by atoms with Crippen molar-refractivity contribution in [3.8, 4) is 5.75 Å². The van der Waals surface area contributed by atoms with Gasteiger partial charge >= 0.3 is 0 Å². The minimum absolute atomic E-state index is 0. The Labute approximate surface area is 98.2 Å². The maximum absolute atomic E-state index is 5.43. The van der Waals surface area contributed by atoms with Crippen LogP contribution in [0.5, 0.6) is 5.75 Å². The van der Waals surface area contributed by atoms with Crippen molar-refractivity contribution in [1.29, 1.82) is 0 Å². The van der Waals surface area contributed by atoms with Crippen molar-refractivity contribution in [2.45, 2.75) is 13.3 Å². The Kier molecular flexibility index (Phi) is 12.6. The zero-order valence-electron chi connectivity index (χ0n) is 9.40. The Morgan fingerprint density at radius 2 is 1.73 bits per heavy atom. The molecule has 1 rings (SSSR count). The molecule has 3 nitrogen and oxygen atoms in total. The van der Waals surface area contributed by atoms with E-state index in [0.717, 1.165) is 18.7 Å². The van der Waals surface area contributed by atoms with E-state index in [1.807, 2.05) is 31.2 Å². The summed E-state index contributed by atoms with van der Waals surface area (Å²) in [5.41, 5.74) is 11.5. The van der Waals surface area contributed by atoms with E-state index >= 15 is 0 Å². The molecule has 0 aliphatic rings. The Morgan fingerprint density at radius 1 is 1.20 bits per heavy atom. The number of ether oxygens (including phenoxy) is 1. The van der Waals surface area contributed by atoms with Crippen molar-refractivity contribution >= 4 is 12.4 Å². The Hall–Kier alpha value is -0.770. The third kappa shape index (κ3) is 7.19. The van der Waals surface area contributed by atoms with Crippen LogP contribution in [0.2, 0.25) is 0 Å². The first kappa shape index (κ1) is 16.7. The summed E-state index contributed by atoms with van der Waals surface area (Å²) in [7, 11) is 1.68. The van der Waals surface area contributed by atoms with Gasteiger partial charge in [0.2, 0.25) is 0 Å². The highest BCUT2D eigenvalue weighted by Gasteiger charge is 1.97. The molecule has 0 heterocycles. The van der Waals surface area contributed by atoms with E-state index in [1.165, 1.54) is 5.56 Å². The zero-order chi connectivity index (χ0) is 10.8. The van der Waals surface area contributed by atoms with Gasteiger partial charge in [-0.25, -0.2) is 0 Å². The highest BCUT2D eigenvalue weighted by Crippen LogP contribution is 2.16. The fourth-order valence-electron chi connectivity index (χ4n) is 1.07. The molecule has 0 saturated carbocycles. The van der Waals surface area contributed by atoms with E-state index < -0.39 is 0 Å². The lowest BCUT2D eigenvalue weighted by Crippen LogP contribution is -2.03. The van der Waals surface area contributed by atoms with Crippen LogP contribution in [-0.2, 0) is 6.42 Å². The average molecular weight is 233 g/mol. The number of benzene rings is 1. The van der Waals surface area contributed by atoms with Crippen molar-refractivity contribution in [1.82, 2.24) is 0 Å². The fourth-order valence-corrected chi connectivity index (χ4v) is 1.07. The van der Waals surface area contributed by atoms with Gasteiger partial charge in [0.05, 0.1) is 7.11 Å². The Bertz CT molecular complexity index is 244. The maximum atomic E-state index is 5.43. The number of para-hydroxylation sites is 1. The van der Waals surface area contributed by atoms with Crippen molar-refractivity contribution in [3.63, 3.8) is 0 Å². The molecule has 0 aromatic heterocycles. The minimum Gasteiger partial charge on any atom is -0.496 e. The van der Waals surface area contributed by atoms with Crippen molar-refractivity contribution in [2.75, 3.05) is 20.2 Å². The predicted molar refractivity (Wildman–Crippen MR) is 67.7 cm³/mol. The van der Waals surface area contributed by atoms with Crippen LogP contribution in [0.25, 0.3) is 0 Å². The molecule has 1 aromatic carbocycles. The number of hydrogen-bond acceptors (Lipinski definition) is 3. The average Bonchev–Trinajstić information content (AvgIpc) is 2.20. The van der Waals surface area contributed by atoms with Gasteiger partial charge in [-0.3, -0.25) is 0 Å². The second-order valence-electron chi connectivity index (χ2n) is 2.76. The Balaban J connectivity index is 0. The first-order valence-electron chi connectivity index (χ1n) is 4.82. The molecule has 15 heavy (non-hydrogen) atoms. The molecule has 0 fully saturated rings. The summed E-state index contributed by atoms with van der Waals surface area (Å²) in [4.78, 5) is 0. The smallest absolute Gasteiger partial charge is 0.122 e. The molecule has 0 unspecified atom stereocenters. The normalized spacial score (nSPS) is 8.27. The largest absolute Gasteiger partial charge is 0.496 e. The minimum atomic E-state index is 0. The molecule has 0 aliphatic carbocycles. The first-order valence-corrected chi connectivity index (χ1v) is 4.82. The molecule has 0 amide bonds. The monoisotopic (exact) mass is 232 g/mol. The number of hydrogen-bond donors (Lipinski definition) is 2. The van der Waals surface area contributed by atoms with Gasteiger partial charge in [-0.05, 0) is 31.1 Å². The van der Waals surface area contributed by atoms with E-state index in [9.17, 15) is 0 Å². The van der Waals surface area contributed by atoms with Gasteiger partial charge in [0.25, 0.3) is 0 Å².